The van der Waals surface area contributed by atoms with Gasteiger partial charge in [-0.25, -0.2) is 14.2 Å². The van der Waals surface area contributed by atoms with Gasteiger partial charge in [0, 0.05) is 31.3 Å². The number of fused-ring (bicyclic) bond motifs is 1. The Kier molecular flexibility index (Phi) is 7.75. The minimum atomic E-state index is -1.00. The summed E-state index contributed by atoms with van der Waals surface area (Å²) in [5.41, 5.74) is 2.12. The van der Waals surface area contributed by atoms with Gasteiger partial charge >= 0.3 is 5.97 Å². The molecule has 6 rings (SSSR count). The number of ether oxygens (including phenoxy) is 2. The van der Waals surface area contributed by atoms with Crippen LogP contribution in [0.25, 0.3) is 11.0 Å². The number of rotatable bonds is 9. The highest BCUT2D eigenvalue weighted by molar-refractivity contribution is 5.95. The van der Waals surface area contributed by atoms with Crippen LogP contribution in [0.2, 0.25) is 0 Å². The fraction of sp³-hybridized carbons (Fsp3) is 0.323. The van der Waals surface area contributed by atoms with Crippen molar-refractivity contribution >= 4 is 28.7 Å². The molecular formula is C31H29FN6O5. The maximum absolute atomic E-state index is 14.3. The lowest BCUT2D eigenvalue weighted by Crippen LogP contribution is -2.51. The third-order valence-corrected chi connectivity index (χ3v) is 7.92. The van der Waals surface area contributed by atoms with Gasteiger partial charge in [0.1, 0.15) is 24.1 Å². The van der Waals surface area contributed by atoms with E-state index >= 15 is 0 Å². The fourth-order valence-electron chi connectivity index (χ4n) is 5.37. The van der Waals surface area contributed by atoms with E-state index in [1.54, 1.807) is 41.3 Å². The molecule has 0 unspecified atom stereocenters. The van der Waals surface area contributed by atoms with Crippen molar-refractivity contribution in [3.05, 3.63) is 82.9 Å². The van der Waals surface area contributed by atoms with Crippen LogP contribution in [0.1, 0.15) is 46.7 Å². The van der Waals surface area contributed by atoms with E-state index in [0.29, 0.717) is 43.1 Å². The molecule has 1 amide bonds. The van der Waals surface area contributed by atoms with Crippen LogP contribution in [0.4, 0.5) is 10.2 Å². The summed E-state index contributed by atoms with van der Waals surface area (Å²) in [5, 5.41) is 18.5. The van der Waals surface area contributed by atoms with Crippen molar-refractivity contribution in [3.63, 3.8) is 0 Å². The second-order valence-corrected chi connectivity index (χ2v) is 10.6. The van der Waals surface area contributed by atoms with Gasteiger partial charge in [-0.05, 0) is 49.7 Å². The average molecular weight is 585 g/mol. The molecule has 4 aromatic rings. The summed E-state index contributed by atoms with van der Waals surface area (Å²) in [6.45, 7) is 4.25. The number of benzene rings is 2. The second kappa shape index (κ2) is 11.8. The maximum atomic E-state index is 14.3. The van der Waals surface area contributed by atoms with Gasteiger partial charge in [-0.3, -0.25) is 14.6 Å². The number of imidazole rings is 1. The summed E-state index contributed by atoms with van der Waals surface area (Å²) in [6.07, 6.45) is 0.950. The second-order valence-electron chi connectivity index (χ2n) is 10.6. The van der Waals surface area contributed by atoms with Crippen LogP contribution in [0.15, 0.2) is 54.6 Å². The van der Waals surface area contributed by atoms with E-state index in [1.807, 2.05) is 22.5 Å². The number of carboxylic acids is 1. The molecule has 2 fully saturated rings. The van der Waals surface area contributed by atoms with Gasteiger partial charge in [0.15, 0.2) is 0 Å². The zero-order valence-corrected chi connectivity index (χ0v) is 23.4. The summed E-state index contributed by atoms with van der Waals surface area (Å²) < 4.78 is 27.7. The Morgan fingerprint density at radius 3 is 2.74 bits per heavy atom. The van der Waals surface area contributed by atoms with Gasteiger partial charge in [-0.1, -0.05) is 12.1 Å². The standard InChI is InChI=1S/C31H29FN6O5/c1-19(30-34-25-8-7-21(31(40)41)14-26(25)38(30)16-23-9-12-42-23)36-10-11-37(29(39)17-36)27-3-2-4-28(35-27)43-18-22-6-5-20(15-33)13-24(22)32/h2-8,13-14,19,23H,9-12,16-18H2,1H3,(H,40,41)/t19-,23-/m0/s1. The SMILES string of the molecule is C[C@@H](c1nc2ccc(C(=O)O)cc2n1C[C@@H]1CCO1)N1CCN(c2cccc(OCc3ccc(C#N)cc3F)n2)C(=O)C1. The Bertz CT molecular complexity index is 1750. The molecule has 11 nitrogen and oxygen atoms in total. The lowest BCUT2D eigenvalue weighted by Gasteiger charge is -2.37. The van der Waals surface area contributed by atoms with Gasteiger partial charge in [0.05, 0.1) is 53.5 Å². The van der Waals surface area contributed by atoms with E-state index < -0.39 is 11.8 Å². The number of carboxylic acid groups (broad SMARTS) is 1. The molecule has 0 saturated carbocycles. The molecule has 0 aliphatic carbocycles. The van der Waals surface area contributed by atoms with Gasteiger partial charge < -0.3 is 19.1 Å². The zero-order chi connectivity index (χ0) is 30.1. The Hall–Kier alpha value is -4.86. The highest BCUT2D eigenvalue weighted by Gasteiger charge is 2.32. The van der Waals surface area contributed by atoms with Gasteiger partial charge in [0.25, 0.3) is 0 Å². The number of carbonyl (C=O) groups is 2. The van der Waals surface area contributed by atoms with Crippen molar-refractivity contribution < 1.29 is 28.6 Å². The Labute approximate surface area is 246 Å². The van der Waals surface area contributed by atoms with Crippen LogP contribution in [-0.4, -0.2) is 68.8 Å². The van der Waals surface area contributed by atoms with Crippen molar-refractivity contribution in [2.45, 2.75) is 38.6 Å². The number of anilines is 1. The van der Waals surface area contributed by atoms with Crippen molar-refractivity contribution in [1.82, 2.24) is 19.4 Å². The minimum absolute atomic E-state index is 0.0317. The van der Waals surface area contributed by atoms with Gasteiger partial charge in [-0.2, -0.15) is 10.2 Å². The summed E-state index contributed by atoms with van der Waals surface area (Å²) in [5.74, 6) is -0.248. The van der Waals surface area contributed by atoms with Crippen LogP contribution in [0.3, 0.4) is 0 Å². The molecular weight excluding hydrogens is 555 g/mol. The first-order valence-corrected chi connectivity index (χ1v) is 14.0. The lowest BCUT2D eigenvalue weighted by molar-refractivity contribution is -0.122. The molecule has 12 heteroatoms. The molecule has 2 aromatic heterocycles. The molecule has 0 spiro atoms. The average Bonchev–Trinajstić information content (AvgIpc) is 3.35. The van der Waals surface area contributed by atoms with E-state index in [9.17, 15) is 19.1 Å². The summed E-state index contributed by atoms with van der Waals surface area (Å²) in [7, 11) is 0. The van der Waals surface area contributed by atoms with E-state index in [1.165, 1.54) is 12.1 Å². The molecule has 43 heavy (non-hydrogen) atoms. The van der Waals surface area contributed by atoms with E-state index in [-0.39, 0.29) is 48.2 Å². The third kappa shape index (κ3) is 5.77. The van der Waals surface area contributed by atoms with E-state index in [0.717, 1.165) is 23.8 Å². The largest absolute Gasteiger partial charge is 0.478 e. The molecule has 1 N–H and O–H groups in total. The number of hydrogen-bond acceptors (Lipinski definition) is 8. The van der Waals surface area contributed by atoms with Crippen molar-refractivity contribution in [2.75, 3.05) is 31.1 Å². The number of hydrogen-bond donors (Lipinski definition) is 1. The first-order chi connectivity index (χ1) is 20.8. The number of nitrogens with zero attached hydrogens (tertiary/aromatic N) is 6. The number of aromatic carboxylic acids is 1. The molecule has 2 atom stereocenters. The number of aromatic nitrogens is 3. The fourth-order valence-corrected chi connectivity index (χ4v) is 5.37. The van der Waals surface area contributed by atoms with Crippen LogP contribution < -0.4 is 9.64 Å². The van der Waals surface area contributed by atoms with E-state index in [4.69, 9.17) is 19.7 Å². The smallest absolute Gasteiger partial charge is 0.335 e. The van der Waals surface area contributed by atoms with Crippen molar-refractivity contribution in [1.29, 1.82) is 5.26 Å². The molecule has 2 saturated heterocycles. The first kappa shape index (κ1) is 28.3. The third-order valence-electron chi connectivity index (χ3n) is 7.92. The molecule has 0 radical (unpaired) electrons. The summed E-state index contributed by atoms with van der Waals surface area (Å²) >= 11 is 0. The number of carbonyl (C=O) groups excluding carboxylic acids is 1. The number of nitriles is 1. The number of pyridine rings is 1. The minimum Gasteiger partial charge on any atom is -0.478 e. The molecule has 2 aromatic carbocycles. The van der Waals surface area contributed by atoms with E-state index in [2.05, 4.69) is 4.98 Å². The Balaban J connectivity index is 1.16. The molecule has 2 aliphatic heterocycles. The van der Waals surface area contributed by atoms with Crippen molar-refractivity contribution in [2.24, 2.45) is 0 Å². The van der Waals surface area contributed by atoms with Gasteiger partial charge in [0.2, 0.25) is 11.8 Å². The predicted octanol–water partition coefficient (Wildman–Crippen LogP) is 3.92. The number of amides is 1. The normalized spacial score (nSPS) is 17.8. The van der Waals surface area contributed by atoms with Crippen LogP contribution in [0.5, 0.6) is 5.88 Å². The molecule has 2 aliphatic rings. The number of halogens is 1. The molecule has 0 bridgehead atoms. The van der Waals surface area contributed by atoms with Crippen LogP contribution >= 0.6 is 0 Å². The molecule has 4 heterocycles. The number of piperazine rings is 1. The van der Waals surface area contributed by atoms with Crippen LogP contribution in [0, 0.1) is 17.1 Å². The highest BCUT2D eigenvalue weighted by Crippen LogP contribution is 2.30. The monoisotopic (exact) mass is 584 g/mol. The quantitative estimate of drug-likeness (QED) is 0.311. The highest BCUT2D eigenvalue weighted by atomic mass is 19.1. The maximum Gasteiger partial charge on any atom is 0.335 e. The van der Waals surface area contributed by atoms with Gasteiger partial charge in [-0.15, -0.1) is 0 Å². The zero-order valence-electron chi connectivity index (χ0n) is 23.4. The topological polar surface area (TPSA) is 134 Å². The summed E-state index contributed by atoms with van der Waals surface area (Å²) in [4.78, 5) is 38.0. The first-order valence-electron chi connectivity index (χ1n) is 14.0. The Morgan fingerprint density at radius 1 is 1.21 bits per heavy atom. The van der Waals surface area contributed by atoms with Crippen molar-refractivity contribution in [3.8, 4) is 11.9 Å². The molecule has 220 valence electrons. The van der Waals surface area contributed by atoms with Crippen LogP contribution in [-0.2, 0) is 22.7 Å². The lowest BCUT2D eigenvalue weighted by atomic mass is 10.1. The Morgan fingerprint density at radius 2 is 2.05 bits per heavy atom. The predicted molar refractivity (Wildman–Crippen MR) is 153 cm³/mol. The summed E-state index contributed by atoms with van der Waals surface area (Å²) in [6, 6.07) is 15.8.